The summed E-state index contributed by atoms with van der Waals surface area (Å²) in [5.74, 6) is -0.283. The molecule has 2 aromatic rings. The molecule has 7 heteroatoms. The number of carbonyl (C=O) groups is 1. The number of benzene rings is 1. The lowest BCUT2D eigenvalue weighted by Crippen LogP contribution is -2.27. The third-order valence-electron chi connectivity index (χ3n) is 2.74. The van der Waals surface area contributed by atoms with Gasteiger partial charge in [-0.25, -0.2) is 13.6 Å². The lowest BCUT2D eigenvalue weighted by molar-refractivity contribution is 0.0988. The second-order valence-electron chi connectivity index (χ2n) is 4.12. The largest absolute Gasteiger partial charge is 0.310 e. The van der Waals surface area contributed by atoms with Crippen molar-refractivity contribution < 1.29 is 13.2 Å². The molecule has 0 aliphatic rings. The fourth-order valence-electron chi connectivity index (χ4n) is 1.64. The molecule has 2 N–H and O–H groups in total. The highest BCUT2D eigenvalue weighted by Crippen LogP contribution is 2.17. The first-order valence-electron chi connectivity index (χ1n) is 5.71. The molecule has 104 valence electrons. The molecular weight excluding hydrogens is 278 g/mol. The smallest absolute Gasteiger partial charge is 0.276 e. The van der Waals surface area contributed by atoms with Crippen molar-refractivity contribution in [3.63, 3.8) is 0 Å². The molecule has 0 bridgehead atoms. The fraction of sp³-hybridized carbons (Fsp3) is 0.0769. The van der Waals surface area contributed by atoms with Crippen molar-refractivity contribution in [3.8, 4) is 0 Å². The van der Waals surface area contributed by atoms with Crippen molar-refractivity contribution in [2.24, 2.45) is 5.14 Å². The van der Waals surface area contributed by atoms with E-state index in [1.54, 1.807) is 25.2 Å². The summed E-state index contributed by atoms with van der Waals surface area (Å²) in [6.45, 7) is 0. The van der Waals surface area contributed by atoms with Crippen molar-refractivity contribution in [2.75, 3.05) is 11.9 Å². The quantitative estimate of drug-likeness (QED) is 0.913. The lowest BCUT2D eigenvalue weighted by Gasteiger charge is -2.17. The number of carbonyl (C=O) groups excluding carboxylic acids is 1. The van der Waals surface area contributed by atoms with Crippen LogP contribution in [0.25, 0.3) is 0 Å². The molecule has 0 aliphatic carbocycles. The van der Waals surface area contributed by atoms with Crippen molar-refractivity contribution >= 4 is 21.6 Å². The summed E-state index contributed by atoms with van der Waals surface area (Å²) in [6, 6.07) is 10.8. The molecule has 0 saturated heterocycles. The van der Waals surface area contributed by atoms with Gasteiger partial charge in [0.15, 0.2) is 0 Å². The van der Waals surface area contributed by atoms with Gasteiger partial charge in [-0.1, -0.05) is 6.07 Å². The maximum atomic E-state index is 12.1. The summed E-state index contributed by atoms with van der Waals surface area (Å²) in [5.41, 5.74) is 0.860. The van der Waals surface area contributed by atoms with E-state index in [9.17, 15) is 13.2 Å². The van der Waals surface area contributed by atoms with E-state index in [0.717, 1.165) is 0 Å². The SMILES string of the molecule is CN(C(=O)c1ccccn1)c1ccc(S(N)(=O)=O)cc1. The van der Waals surface area contributed by atoms with Crippen LogP contribution in [0.4, 0.5) is 5.69 Å². The number of primary sulfonamides is 1. The van der Waals surface area contributed by atoms with Crippen LogP contribution in [0.3, 0.4) is 0 Å². The van der Waals surface area contributed by atoms with E-state index in [1.165, 1.54) is 35.4 Å². The molecule has 0 fully saturated rings. The Hall–Kier alpha value is -2.25. The fourth-order valence-corrected chi connectivity index (χ4v) is 2.15. The highest BCUT2D eigenvalue weighted by Gasteiger charge is 2.15. The minimum atomic E-state index is -3.73. The predicted molar refractivity (Wildman–Crippen MR) is 74.8 cm³/mol. The van der Waals surface area contributed by atoms with E-state index in [0.29, 0.717) is 11.4 Å². The minimum Gasteiger partial charge on any atom is -0.310 e. The molecule has 0 spiro atoms. The molecule has 6 nitrogen and oxygen atoms in total. The van der Waals surface area contributed by atoms with Crippen molar-refractivity contribution in [3.05, 3.63) is 54.4 Å². The molecule has 1 aromatic heterocycles. The van der Waals surface area contributed by atoms with Gasteiger partial charge in [-0.05, 0) is 36.4 Å². The Kier molecular flexibility index (Phi) is 3.82. The summed E-state index contributed by atoms with van der Waals surface area (Å²) < 4.78 is 22.3. The normalized spacial score (nSPS) is 11.1. The van der Waals surface area contributed by atoms with E-state index in [2.05, 4.69) is 4.98 Å². The van der Waals surface area contributed by atoms with Crippen molar-refractivity contribution in [1.82, 2.24) is 4.98 Å². The monoisotopic (exact) mass is 291 g/mol. The number of aromatic nitrogens is 1. The zero-order valence-corrected chi connectivity index (χ0v) is 11.5. The van der Waals surface area contributed by atoms with Gasteiger partial charge in [0.25, 0.3) is 5.91 Å². The Morgan fingerprint density at radius 3 is 2.30 bits per heavy atom. The number of nitrogens with two attached hydrogens (primary N) is 1. The van der Waals surface area contributed by atoms with Gasteiger partial charge in [-0.2, -0.15) is 0 Å². The minimum absolute atomic E-state index is 0.0000601. The van der Waals surface area contributed by atoms with Crippen molar-refractivity contribution in [2.45, 2.75) is 4.90 Å². The number of nitrogens with zero attached hydrogens (tertiary/aromatic N) is 2. The van der Waals surface area contributed by atoms with Gasteiger partial charge in [0.05, 0.1) is 4.90 Å². The first kappa shape index (κ1) is 14.2. The molecule has 0 radical (unpaired) electrons. The predicted octanol–water partition coefficient (Wildman–Crippen LogP) is 1.01. The average Bonchev–Trinajstić information content (AvgIpc) is 2.46. The standard InChI is InChI=1S/C13H13N3O3S/c1-16(13(17)12-4-2-3-9-15-12)10-5-7-11(8-6-10)20(14,18)19/h2-9H,1H3,(H2,14,18,19). The van der Waals surface area contributed by atoms with E-state index in [-0.39, 0.29) is 10.8 Å². The molecule has 1 amide bonds. The highest BCUT2D eigenvalue weighted by molar-refractivity contribution is 7.89. The molecule has 1 aromatic carbocycles. The van der Waals surface area contributed by atoms with E-state index < -0.39 is 10.0 Å². The molecule has 0 unspecified atom stereocenters. The van der Waals surface area contributed by atoms with Crippen LogP contribution in [0.1, 0.15) is 10.5 Å². The summed E-state index contributed by atoms with van der Waals surface area (Å²) >= 11 is 0. The summed E-state index contributed by atoms with van der Waals surface area (Å²) in [7, 11) is -2.15. The third-order valence-corrected chi connectivity index (χ3v) is 3.67. The third kappa shape index (κ3) is 3.01. The maximum Gasteiger partial charge on any atom is 0.276 e. The summed E-state index contributed by atoms with van der Waals surface area (Å²) in [5, 5.41) is 5.02. The number of hydrogen-bond donors (Lipinski definition) is 1. The second kappa shape index (κ2) is 5.40. The zero-order valence-electron chi connectivity index (χ0n) is 10.7. The summed E-state index contributed by atoms with van der Waals surface area (Å²) in [4.78, 5) is 17.5. The van der Waals surface area contributed by atoms with E-state index in [1.807, 2.05) is 0 Å². The van der Waals surface area contributed by atoms with Crippen LogP contribution in [0, 0.1) is 0 Å². The molecule has 2 rings (SSSR count). The number of anilines is 1. The summed E-state index contributed by atoms with van der Waals surface area (Å²) in [6.07, 6.45) is 1.53. The second-order valence-corrected chi connectivity index (χ2v) is 5.68. The van der Waals surface area contributed by atoms with Gasteiger partial charge in [0.2, 0.25) is 10.0 Å². The number of rotatable bonds is 3. The van der Waals surface area contributed by atoms with Gasteiger partial charge < -0.3 is 4.90 Å². The Morgan fingerprint density at radius 2 is 1.80 bits per heavy atom. The van der Waals surface area contributed by atoms with E-state index in [4.69, 9.17) is 5.14 Å². The lowest BCUT2D eigenvalue weighted by atomic mass is 10.2. The van der Waals surface area contributed by atoms with Crippen LogP contribution in [0.15, 0.2) is 53.6 Å². The Bertz CT molecular complexity index is 712. The average molecular weight is 291 g/mol. The molecule has 1 heterocycles. The topological polar surface area (TPSA) is 93.4 Å². The van der Waals surface area contributed by atoms with Gasteiger partial charge in [-0.15, -0.1) is 0 Å². The van der Waals surface area contributed by atoms with Gasteiger partial charge in [-0.3, -0.25) is 9.78 Å². The van der Waals surface area contributed by atoms with Crippen molar-refractivity contribution in [1.29, 1.82) is 0 Å². The number of sulfonamides is 1. The molecule has 0 saturated carbocycles. The first-order chi connectivity index (χ1) is 9.39. The van der Waals surface area contributed by atoms with E-state index >= 15 is 0 Å². The Morgan fingerprint density at radius 1 is 1.15 bits per heavy atom. The zero-order chi connectivity index (χ0) is 14.8. The Balaban J connectivity index is 2.26. The number of amides is 1. The van der Waals surface area contributed by atoms with Crippen LogP contribution in [-0.2, 0) is 10.0 Å². The van der Waals surface area contributed by atoms with Crippen LogP contribution in [-0.4, -0.2) is 26.4 Å². The molecular formula is C13H13N3O3S. The Labute approximate surface area is 116 Å². The van der Waals surface area contributed by atoms with Gasteiger partial charge in [0, 0.05) is 18.9 Å². The van der Waals surface area contributed by atoms with Crippen LogP contribution < -0.4 is 10.0 Å². The van der Waals surface area contributed by atoms with Crippen LogP contribution in [0.5, 0.6) is 0 Å². The highest BCUT2D eigenvalue weighted by atomic mass is 32.2. The van der Waals surface area contributed by atoms with Gasteiger partial charge >= 0.3 is 0 Å². The first-order valence-corrected chi connectivity index (χ1v) is 7.26. The number of hydrogen-bond acceptors (Lipinski definition) is 4. The maximum absolute atomic E-state index is 12.1. The molecule has 0 atom stereocenters. The molecule has 20 heavy (non-hydrogen) atoms. The van der Waals surface area contributed by atoms with Crippen LogP contribution in [0.2, 0.25) is 0 Å². The molecule has 0 aliphatic heterocycles. The van der Waals surface area contributed by atoms with Crippen LogP contribution >= 0.6 is 0 Å². The van der Waals surface area contributed by atoms with Gasteiger partial charge in [0.1, 0.15) is 5.69 Å². The number of pyridine rings is 1.